The first-order valence-electron chi connectivity index (χ1n) is 9.33. The van der Waals surface area contributed by atoms with E-state index in [9.17, 15) is 4.79 Å². The summed E-state index contributed by atoms with van der Waals surface area (Å²) in [6.07, 6.45) is 8.28. The van der Waals surface area contributed by atoms with Crippen LogP contribution in [0, 0.1) is 0 Å². The summed E-state index contributed by atoms with van der Waals surface area (Å²) < 4.78 is 8.26. The molecule has 0 spiro atoms. The number of pyridine rings is 1. The predicted octanol–water partition coefficient (Wildman–Crippen LogP) is 5.43. The van der Waals surface area contributed by atoms with Crippen molar-refractivity contribution in [1.29, 1.82) is 0 Å². The van der Waals surface area contributed by atoms with E-state index in [4.69, 9.17) is 9.72 Å². The number of nitrogens with one attached hydrogen (secondary N) is 1. The maximum Gasteiger partial charge on any atom is 0.308 e. The highest BCUT2D eigenvalue weighted by molar-refractivity contribution is 9.10. The molecular weight excluding hydrogens is 406 g/mol. The summed E-state index contributed by atoms with van der Waals surface area (Å²) in [4.78, 5) is 16.0. The fraction of sp³-hybridized carbons (Fsp3) is 0.333. The largest absolute Gasteiger partial charge is 0.427 e. The van der Waals surface area contributed by atoms with Gasteiger partial charge in [0.25, 0.3) is 0 Å². The Hall–Kier alpha value is -2.34. The van der Waals surface area contributed by atoms with Crippen LogP contribution in [0.15, 0.2) is 47.1 Å². The minimum Gasteiger partial charge on any atom is -0.427 e. The summed E-state index contributed by atoms with van der Waals surface area (Å²) in [6.45, 7) is 1.40. The van der Waals surface area contributed by atoms with Crippen LogP contribution in [0.1, 0.15) is 39.0 Å². The summed E-state index contributed by atoms with van der Waals surface area (Å²) in [5.74, 6) is 1.23. The Morgan fingerprint density at radius 3 is 2.59 bits per heavy atom. The van der Waals surface area contributed by atoms with Crippen LogP contribution in [-0.4, -0.2) is 21.4 Å². The number of carbonyl (C=O) groups excluding carboxylic acids is 1. The molecule has 0 aliphatic heterocycles. The minimum atomic E-state index is -0.319. The summed E-state index contributed by atoms with van der Waals surface area (Å²) >= 11 is 3.56. The van der Waals surface area contributed by atoms with Gasteiger partial charge in [-0.15, -0.1) is 0 Å². The molecule has 27 heavy (non-hydrogen) atoms. The first-order valence-corrected chi connectivity index (χ1v) is 10.1. The first-order chi connectivity index (χ1) is 13.1. The van der Waals surface area contributed by atoms with Crippen molar-refractivity contribution in [2.45, 2.75) is 45.1 Å². The molecule has 0 saturated heterocycles. The highest BCUT2D eigenvalue weighted by atomic mass is 79.9. The molecule has 0 amide bonds. The van der Waals surface area contributed by atoms with Crippen molar-refractivity contribution in [3.05, 3.63) is 47.1 Å². The Balaban J connectivity index is 1.74. The number of carbonyl (C=O) groups is 1. The summed E-state index contributed by atoms with van der Waals surface area (Å²) in [7, 11) is 0. The lowest BCUT2D eigenvalue weighted by atomic mass is 9.95. The smallest absolute Gasteiger partial charge is 0.308 e. The zero-order valence-corrected chi connectivity index (χ0v) is 16.8. The van der Waals surface area contributed by atoms with Gasteiger partial charge in [-0.1, -0.05) is 19.3 Å². The van der Waals surface area contributed by atoms with Crippen molar-refractivity contribution in [1.82, 2.24) is 9.38 Å². The zero-order chi connectivity index (χ0) is 18.8. The Labute approximate surface area is 166 Å². The summed E-state index contributed by atoms with van der Waals surface area (Å²) in [6, 6.07) is 12.0. The first kappa shape index (κ1) is 18.0. The second-order valence-corrected chi connectivity index (χ2v) is 7.90. The number of aromatic nitrogens is 2. The molecule has 0 radical (unpaired) electrons. The molecule has 0 unspecified atom stereocenters. The molecule has 1 aromatic carbocycles. The Bertz CT molecular complexity index is 959. The zero-order valence-electron chi connectivity index (χ0n) is 15.2. The fourth-order valence-electron chi connectivity index (χ4n) is 3.65. The van der Waals surface area contributed by atoms with Crippen molar-refractivity contribution < 1.29 is 9.53 Å². The van der Waals surface area contributed by atoms with Gasteiger partial charge >= 0.3 is 5.97 Å². The van der Waals surface area contributed by atoms with E-state index in [0.29, 0.717) is 11.8 Å². The number of benzene rings is 1. The minimum absolute atomic E-state index is 0.319. The monoisotopic (exact) mass is 427 g/mol. The third-order valence-corrected chi connectivity index (χ3v) is 5.39. The highest BCUT2D eigenvalue weighted by Gasteiger charge is 2.20. The van der Waals surface area contributed by atoms with Crippen LogP contribution < -0.4 is 10.1 Å². The van der Waals surface area contributed by atoms with Crippen LogP contribution in [0.5, 0.6) is 5.75 Å². The lowest BCUT2D eigenvalue weighted by molar-refractivity contribution is -0.131. The molecule has 1 aliphatic rings. The number of anilines is 1. The predicted molar refractivity (Wildman–Crippen MR) is 110 cm³/mol. The summed E-state index contributed by atoms with van der Waals surface area (Å²) in [5, 5.41) is 3.74. The number of ether oxygens (including phenoxy) is 1. The van der Waals surface area contributed by atoms with Crippen molar-refractivity contribution >= 4 is 33.4 Å². The fourth-order valence-corrected chi connectivity index (χ4v) is 3.98. The lowest BCUT2D eigenvalue weighted by Gasteiger charge is -2.24. The normalized spacial score (nSPS) is 15.0. The SMILES string of the molecule is CC(=O)Oc1ccc(-c2nc3ccc(Br)cn3c2NC2CCCCC2)cc1. The third kappa shape index (κ3) is 4.00. The van der Waals surface area contributed by atoms with Crippen molar-refractivity contribution in [2.24, 2.45) is 0 Å². The molecule has 1 aliphatic carbocycles. The van der Waals surface area contributed by atoms with Crippen molar-refractivity contribution in [3.63, 3.8) is 0 Å². The standard InChI is InChI=1S/C21H22BrN3O2/c1-14(26)27-18-10-7-15(8-11-18)20-21(23-17-5-3-2-4-6-17)25-13-16(22)9-12-19(25)24-20/h7-13,17,23H,2-6H2,1H3. The van der Waals surface area contributed by atoms with Gasteiger partial charge in [-0.2, -0.15) is 0 Å². The van der Waals surface area contributed by atoms with Gasteiger partial charge in [0.15, 0.2) is 0 Å². The number of rotatable bonds is 4. The van der Waals surface area contributed by atoms with Gasteiger partial charge in [0.05, 0.1) is 0 Å². The van der Waals surface area contributed by atoms with Gasteiger partial charge in [0.2, 0.25) is 0 Å². The van der Waals surface area contributed by atoms with E-state index in [1.165, 1.54) is 39.0 Å². The van der Waals surface area contributed by atoms with Crippen LogP contribution in [-0.2, 0) is 4.79 Å². The number of nitrogens with zero attached hydrogens (tertiary/aromatic N) is 2. The molecule has 3 aromatic rings. The van der Waals surface area contributed by atoms with Gasteiger partial charge < -0.3 is 10.1 Å². The molecule has 2 heterocycles. The number of halogens is 1. The lowest BCUT2D eigenvalue weighted by Crippen LogP contribution is -2.23. The van der Waals surface area contributed by atoms with Crippen LogP contribution in [0.25, 0.3) is 16.9 Å². The van der Waals surface area contributed by atoms with E-state index in [1.54, 1.807) is 12.1 Å². The van der Waals surface area contributed by atoms with Crippen LogP contribution in [0.4, 0.5) is 5.82 Å². The van der Waals surface area contributed by atoms with Gasteiger partial charge in [-0.25, -0.2) is 4.98 Å². The molecular formula is C21H22BrN3O2. The second-order valence-electron chi connectivity index (χ2n) is 6.98. The van der Waals surface area contributed by atoms with E-state index in [1.807, 2.05) is 30.5 Å². The van der Waals surface area contributed by atoms with Gasteiger partial charge in [0.1, 0.15) is 22.9 Å². The number of esters is 1. The van der Waals surface area contributed by atoms with Gasteiger partial charge in [-0.3, -0.25) is 9.20 Å². The third-order valence-electron chi connectivity index (χ3n) is 4.92. The number of imidazole rings is 1. The number of hydrogen-bond donors (Lipinski definition) is 1. The van der Waals surface area contributed by atoms with Gasteiger partial charge in [-0.05, 0) is 65.2 Å². The average molecular weight is 428 g/mol. The second kappa shape index (κ2) is 7.72. The van der Waals surface area contributed by atoms with Crippen molar-refractivity contribution in [2.75, 3.05) is 5.32 Å². The van der Waals surface area contributed by atoms with Gasteiger partial charge in [0, 0.05) is 29.2 Å². The Morgan fingerprint density at radius 2 is 1.89 bits per heavy atom. The Kier molecular flexibility index (Phi) is 5.16. The molecule has 2 aromatic heterocycles. The molecule has 0 bridgehead atoms. The van der Waals surface area contributed by atoms with Crippen molar-refractivity contribution in [3.8, 4) is 17.0 Å². The maximum absolute atomic E-state index is 11.1. The number of fused-ring (bicyclic) bond motifs is 1. The Morgan fingerprint density at radius 1 is 1.15 bits per heavy atom. The van der Waals surface area contributed by atoms with Crippen LogP contribution in [0.3, 0.4) is 0 Å². The molecule has 5 nitrogen and oxygen atoms in total. The van der Waals surface area contributed by atoms with Crippen LogP contribution >= 0.6 is 15.9 Å². The molecule has 1 N–H and O–H groups in total. The average Bonchev–Trinajstić information content (AvgIpc) is 3.00. The molecule has 1 saturated carbocycles. The van der Waals surface area contributed by atoms with Crippen LogP contribution in [0.2, 0.25) is 0 Å². The highest BCUT2D eigenvalue weighted by Crippen LogP contribution is 2.33. The molecule has 140 valence electrons. The molecule has 6 heteroatoms. The van der Waals surface area contributed by atoms with E-state index in [2.05, 4.69) is 25.6 Å². The van der Waals surface area contributed by atoms with E-state index < -0.39 is 0 Å². The molecule has 4 rings (SSSR count). The maximum atomic E-state index is 11.1. The quantitative estimate of drug-likeness (QED) is 0.445. The van der Waals surface area contributed by atoms with E-state index in [0.717, 1.165) is 27.2 Å². The summed E-state index contributed by atoms with van der Waals surface area (Å²) in [5.41, 5.74) is 2.80. The molecule has 0 atom stereocenters. The number of hydrogen-bond acceptors (Lipinski definition) is 4. The van der Waals surface area contributed by atoms with E-state index in [-0.39, 0.29) is 5.97 Å². The topological polar surface area (TPSA) is 55.6 Å². The molecule has 1 fully saturated rings. The van der Waals surface area contributed by atoms with E-state index >= 15 is 0 Å².